The third-order valence-electron chi connectivity index (χ3n) is 2.35. The summed E-state index contributed by atoms with van der Waals surface area (Å²) in [5.41, 5.74) is 0.231. The average Bonchev–Trinajstić information content (AvgIpc) is 2.73. The summed E-state index contributed by atoms with van der Waals surface area (Å²) in [7, 11) is 0. The summed E-state index contributed by atoms with van der Waals surface area (Å²) in [6.07, 6.45) is 1.35. The summed E-state index contributed by atoms with van der Waals surface area (Å²) in [6.45, 7) is 1.93. The summed E-state index contributed by atoms with van der Waals surface area (Å²) >= 11 is 3.31. The smallest absolute Gasteiger partial charge is 0.345 e. The Balaban J connectivity index is 2.40. The van der Waals surface area contributed by atoms with Crippen molar-refractivity contribution in [3.05, 3.63) is 50.9 Å². The molecular weight excluding hydrogens is 300 g/mol. The average molecular weight is 311 g/mol. The molecule has 0 unspecified atom stereocenters. The Labute approximate surface area is 111 Å². The van der Waals surface area contributed by atoms with E-state index in [-0.39, 0.29) is 12.2 Å². The number of carbonyl (C=O) groups excluding carboxylic acids is 1. The largest absolute Gasteiger partial charge is 0.462 e. The van der Waals surface area contributed by atoms with Crippen molar-refractivity contribution in [1.82, 2.24) is 9.78 Å². The highest BCUT2D eigenvalue weighted by Crippen LogP contribution is 2.12. The molecule has 0 saturated heterocycles. The van der Waals surface area contributed by atoms with Crippen LogP contribution in [0.2, 0.25) is 0 Å². The van der Waals surface area contributed by atoms with E-state index in [2.05, 4.69) is 21.0 Å². The maximum Gasteiger partial charge on any atom is 0.345 e. The zero-order valence-electron chi connectivity index (χ0n) is 9.64. The van der Waals surface area contributed by atoms with Gasteiger partial charge in [0.15, 0.2) is 0 Å². The number of aromatic amines is 1. The zero-order chi connectivity index (χ0) is 13.1. The Bertz CT molecular complexity index is 613. The molecule has 0 bridgehead atoms. The van der Waals surface area contributed by atoms with E-state index in [9.17, 15) is 9.59 Å². The fourth-order valence-corrected chi connectivity index (χ4v) is 1.77. The van der Waals surface area contributed by atoms with Gasteiger partial charge in [0.25, 0.3) is 5.56 Å². The summed E-state index contributed by atoms with van der Waals surface area (Å²) in [4.78, 5) is 23.5. The van der Waals surface area contributed by atoms with Crippen LogP contribution in [0, 0.1) is 0 Å². The Morgan fingerprint density at radius 2 is 2.06 bits per heavy atom. The third kappa shape index (κ3) is 2.38. The number of esters is 1. The molecular formula is C12H11BrN2O3. The van der Waals surface area contributed by atoms with E-state index in [1.165, 1.54) is 10.9 Å². The molecule has 0 atom stereocenters. The number of halogens is 1. The van der Waals surface area contributed by atoms with Crippen LogP contribution in [0.1, 0.15) is 17.3 Å². The van der Waals surface area contributed by atoms with Crippen LogP contribution in [0.4, 0.5) is 0 Å². The molecule has 0 aliphatic carbocycles. The second kappa shape index (κ2) is 5.22. The summed E-state index contributed by atoms with van der Waals surface area (Å²) in [6, 6.07) is 7.15. The van der Waals surface area contributed by atoms with Gasteiger partial charge in [-0.15, -0.1) is 0 Å². The number of hydrogen-bond acceptors (Lipinski definition) is 3. The highest BCUT2D eigenvalue weighted by atomic mass is 79.9. The Hall–Kier alpha value is -1.82. The predicted molar refractivity (Wildman–Crippen MR) is 70.0 cm³/mol. The summed E-state index contributed by atoms with van der Waals surface area (Å²) < 4.78 is 7.00. The fourth-order valence-electron chi connectivity index (χ4n) is 1.51. The third-order valence-corrected chi connectivity index (χ3v) is 2.88. The molecule has 1 aromatic carbocycles. The highest BCUT2D eigenvalue weighted by molar-refractivity contribution is 9.10. The minimum absolute atomic E-state index is 0.000214. The van der Waals surface area contributed by atoms with Crippen LogP contribution in [-0.2, 0) is 4.74 Å². The van der Waals surface area contributed by atoms with Gasteiger partial charge in [0, 0.05) is 10.7 Å². The number of aromatic nitrogens is 2. The van der Waals surface area contributed by atoms with Gasteiger partial charge in [-0.05, 0) is 31.2 Å². The first-order valence-corrected chi connectivity index (χ1v) is 6.16. The van der Waals surface area contributed by atoms with Crippen molar-refractivity contribution in [2.24, 2.45) is 0 Å². The van der Waals surface area contributed by atoms with Gasteiger partial charge in [-0.2, -0.15) is 0 Å². The van der Waals surface area contributed by atoms with E-state index in [4.69, 9.17) is 4.74 Å². The zero-order valence-corrected chi connectivity index (χ0v) is 11.2. The number of carbonyl (C=O) groups is 1. The highest BCUT2D eigenvalue weighted by Gasteiger charge is 2.15. The quantitative estimate of drug-likeness (QED) is 0.883. The van der Waals surface area contributed by atoms with Crippen molar-refractivity contribution >= 4 is 21.9 Å². The predicted octanol–water partition coefficient (Wildman–Crippen LogP) is 2.10. The van der Waals surface area contributed by atoms with Crippen molar-refractivity contribution < 1.29 is 9.53 Å². The normalized spacial score (nSPS) is 10.3. The maximum absolute atomic E-state index is 12.0. The van der Waals surface area contributed by atoms with Gasteiger partial charge in [-0.3, -0.25) is 9.89 Å². The molecule has 0 aliphatic heterocycles. The topological polar surface area (TPSA) is 64.1 Å². The van der Waals surface area contributed by atoms with Crippen LogP contribution in [0.3, 0.4) is 0 Å². The van der Waals surface area contributed by atoms with Crippen LogP contribution in [0.15, 0.2) is 39.7 Å². The van der Waals surface area contributed by atoms with Crippen molar-refractivity contribution in [2.75, 3.05) is 6.61 Å². The van der Waals surface area contributed by atoms with E-state index in [0.29, 0.717) is 5.69 Å². The van der Waals surface area contributed by atoms with Crippen molar-refractivity contribution in [1.29, 1.82) is 0 Å². The Kier molecular flexibility index (Phi) is 3.66. The van der Waals surface area contributed by atoms with E-state index in [0.717, 1.165) is 4.47 Å². The molecule has 0 amide bonds. The van der Waals surface area contributed by atoms with Gasteiger partial charge in [-0.1, -0.05) is 15.9 Å². The number of ether oxygens (including phenoxy) is 1. The minimum atomic E-state index is -0.616. The molecule has 94 valence electrons. The first kappa shape index (κ1) is 12.6. The van der Waals surface area contributed by atoms with Crippen LogP contribution in [-0.4, -0.2) is 22.4 Å². The molecule has 0 spiro atoms. The maximum atomic E-state index is 12.0. The lowest BCUT2D eigenvalue weighted by Gasteiger charge is -2.00. The Morgan fingerprint density at radius 3 is 2.67 bits per heavy atom. The minimum Gasteiger partial charge on any atom is -0.462 e. The van der Waals surface area contributed by atoms with Gasteiger partial charge in [0.2, 0.25) is 0 Å². The first-order chi connectivity index (χ1) is 8.63. The molecule has 0 saturated carbocycles. The number of hydrogen-bond donors (Lipinski definition) is 1. The first-order valence-electron chi connectivity index (χ1n) is 5.37. The number of nitrogens with zero attached hydrogens (tertiary/aromatic N) is 1. The lowest BCUT2D eigenvalue weighted by molar-refractivity contribution is 0.0525. The second-order valence-corrected chi connectivity index (χ2v) is 4.44. The molecule has 5 nitrogen and oxygen atoms in total. The van der Waals surface area contributed by atoms with Crippen LogP contribution < -0.4 is 5.56 Å². The molecule has 2 aromatic rings. The number of H-pyrrole nitrogens is 1. The van der Waals surface area contributed by atoms with E-state index in [1.807, 2.05) is 12.1 Å². The lowest BCUT2D eigenvalue weighted by atomic mass is 10.3. The monoisotopic (exact) mass is 310 g/mol. The molecule has 18 heavy (non-hydrogen) atoms. The molecule has 1 aromatic heterocycles. The van der Waals surface area contributed by atoms with E-state index >= 15 is 0 Å². The van der Waals surface area contributed by atoms with Gasteiger partial charge >= 0.3 is 5.97 Å². The van der Waals surface area contributed by atoms with Crippen LogP contribution in [0.5, 0.6) is 0 Å². The van der Waals surface area contributed by atoms with Gasteiger partial charge in [-0.25, -0.2) is 9.48 Å². The molecule has 0 fully saturated rings. The molecule has 0 aliphatic rings. The number of nitrogens with one attached hydrogen (secondary N) is 1. The van der Waals surface area contributed by atoms with Crippen molar-refractivity contribution in [3.63, 3.8) is 0 Å². The molecule has 1 heterocycles. The number of benzene rings is 1. The van der Waals surface area contributed by atoms with E-state index < -0.39 is 11.5 Å². The molecule has 2 rings (SSSR count). The molecule has 6 heteroatoms. The Morgan fingerprint density at radius 1 is 1.39 bits per heavy atom. The number of rotatable bonds is 3. The van der Waals surface area contributed by atoms with Gasteiger partial charge in [0.1, 0.15) is 5.56 Å². The SMILES string of the molecule is CCOC(=O)c1c[nH]n(-c2ccc(Br)cc2)c1=O. The molecule has 1 N–H and O–H groups in total. The summed E-state index contributed by atoms with van der Waals surface area (Å²) in [5.74, 6) is -0.616. The van der Waals surface area contributed by atoms with Gasteiger partial charge < -0.3 is 4.74 Å². The van der Waals surface area contributed by atoms with Crippen molar-refractivity contribution in [3.8, 4) is 5.69 Å². The standard InChI is InChI=1S/C12H11BrN2O3/c1-2-18-12(17)10-7-14-15(11(10)16)9-5-3-8(13)4-6-9/h3-7,14H,2H2,1H3. The van der Waals surface area contributed by atoms with Crippen LogP contribution >= 0.6 is 15.9 Å². The summed E-state index contributed by atoms with van der Waals surface area (Å²) in [5, 5.41) is 2.74. The van der Waals surface area contributed by atoms with Gasteiger partial charge in [0.05, 0.1) is 12.3 Å². The fraction of sp³-hybridized carbons (Fsp3) is 0.167. The molecule has 0 radical (unpaired) electrons. The van der Waals surface area contributed by atoms with Crippen LogP contribution in [0.25, 0.3) is 5.69 Å². The lowest BCUT2D eigenvalue weighted by Crippen LogP contribution is -2.21. The van der Waals surface area contributed by atoms with E-state index in [1.54, 1.807) is 19.1 Å². The second-order valence-electron chi connectivity index (χ2n) is 3.52. The van der Waals surface area contributed by atoms with Crippen molar-refractivity contribution in [2.45, 2.75) is 6.92 Å².